The van der Waals surface area contributed by atoms with Crippen LogP contribution in [0.25, 0.3) is 0 Å². The van der Waals surface area contributed by atoms with E-state index >= 15 is 0 Å². The molecule has 0 spiro atoms. The van der Waals surface area contributed by atoms with Crippen LogP contribution < -0.4 is 10.6 Å². The highest BCUT2D eigenvalue weighted by molar-refractivity contribution is 8.01. The maximum atomic E-state index is 14.1. The molecule has 1 amide bonds. The lowest BCUT2D eigenvalue weighted by atomic mass is 10.0. The Hall–Kier alpha value is -2.34. The van der Waals surface area contributed by atoms with Crippen LogP contribution in [0.15, 0.2) is 60.0 Å². The van der Waals surface area contributed by atoms with Crippen LogP contribution in [-0.2, 0) is 12.5 Å². The van der Waals surface area contributed by atoms with Crippen molar-refractivity contribution >= 4 is 23.4 Å². The minimum atomic E-state index is -2.93. The van der Waals surface area contributed by atoms with Crippen LogP contribution in [-0.4, -0.2) is 18.7 Å². The minimum Gasteiger partial charge on any atom is -0.380 e. The Labute approximate surface area is 163 Å². The molecule has 6 heteroatoms. The van der Waals surface area contributed by atoms with Gasteiger partial charge in [-0.05, 0) is 29.4 Å². The van der Waals surface area contributed by atoms with Gasteiger partial charge in [-0.25, -0.2) is 8.78 Å². The van der Waals surface area contributed by atoms with E-state index in [1.807, 2.05) is 48.1 Å². The maximum Gasteiger partial charge on any atom is 0.273 e. The van der Waals surface area contributed by atoms with Crippen molar-refractivity contribution in [3.8, 4) is 0 Å². The Kier molecular flexibility index (Phi) is 7.85. The molecule has 0 fully saturated rings. The SMILES string of the molecule is CCC(F)(F)c1ccc(C(=O)NC/C=C/SC)c(NCc2ccccc2)c1. The summed E-state index contributed by atoms with van der Waals surface area (Å²) in [5.41, 5.74) is 1.65. The quantitative estimate of drug-likeness (QED) is 0.602. The molecule has 0 atom stereocenters. The van der Waals surface area contributed by atoms with Crippen LogP contribution >= 0.6 is 11.8 Å². The molecule has 2 aromatic rings. The lowest BCUT2D eigenvalue weighted by Crippen LogP contribution is -2.25. The van der Waals surface area contributed by atoms with Gasteiger partial charge in [-0.2, -0.15) is 0 Å². The van der Waals surface area contributed by atoms with Crippen LogP contribution in [0.5, 0.6) is 0 Å². The summed E-state index contributed by atoms with van der Waals surface area (Å²) in [6.45, 7) is 2.26. The number of rotatable bonds is 9. The van der Waals surface area contributed by atoms with Gasteiger partial charge in [0.25, 0.3) is 11.8 Å². The summed E-state index contributed by atoms with van der Waals surface area (Å²) >= 11 is 1.54. The molecule has 0 aromatic heterocycles. The summed E-state index contributed by atoms with van der Waals surface area (Å²) in [6.07, 6.45) is 3.46. The van der Waals surface area contributed by atoms with Gasteiger partial charge in [0.15, 0.2) is 0 Å². The van der Waals surface area contributed by atoms with E-state index < -0.39 is 5.92 Å². The number of carbonyl (C=O) groups excluding carboxylic acids is 1. The number of nitrogens with one attached hydrogen (secondary N) is 2. The number of thioether (sulfide) groups is 1. The summed E-state index contributed by atoms with van der Waals surface area (Å²) in [6, 6.07) is 13.7. The first-order valence-corrected chi connectivity index (χ1v) is 10.0. The summed E-state index contributed by atoms with van der Waals surface area (Å²) in [4.78, 5) is 12.5. The monoisotopic (exact) mass is 390 g/mol. The van der Waals surface area contributed by atoms with E-state index in [1.54, 1.807) is 0 Å². The molecule has 2 N–H and O–H groups in total. The van der Waals surface area contributed by atoms with Gasteiger partial charge in [-0.15, -0.1) is 11.8 Å². The first kappa shape index (κ1) is 21.0. The Morgan fingerprint density at radius 3 is 2.59 bits per heavy atom. The van der Waals surface area contributed by atoms with E-state index in [-0.39, 0.29) is 17.9 Å². The molecule has 0 heterocycles. The van der Waals surface area contributed by atoms with Crippen LogP contribution in [0.2, 0.25) is 0 Å². The predicted molar refractivity (Wildman–Crippen MR) is 109 cm³/mol. The molecule has 3 nitrogen and oxygen atoms in total. The highest BCUT2D eigenvalue weighted by Gasteiger charge is 2.30. The van der Waals surface area contributed by atoms with Crippen molar-refractivity contribution in [3.05, 3.63) is 76.7 Å². The third-order valence-electron chi connectivity index (χ3n) is 4.07. The molecule has 0 saturated carbocycles. The van der Waals surface area contributed by atoms with Gasteiger partial charge in [0.05, 0.1) is 5.56 Å². The van der Waals surface area contributed by atoms with Gasteiger partial charge >= 0.3 is 0 Å². The Bertz CT molecular complexity index is 779. The van der Waals surface area contributed by atoms with Gasteiger partial charge in [0.2, 0.25) is 0 Å². The third-order valence-corrected chi connectivity index (χ3v) is 4.53. The Morgan fingerprint density at radius 2 is 1.93 bits per heavy atom. The molecule has 0 aliphatic rings. The second-order valence-electron chi connectivity index (χ2n) is 5.98. The number of halogens is 2. The molecule has 144 valence electrons. The van der Waals surface area contributed by atoms with Gasteiger partial charge in [-0.1, -0.05) is 49.4 Å². The van der Waals surface area contributed by atoms with Crippen molar-refractivity contribution < 1.29 is 13.6 Å². The average Bonchev–Trinajstić information content (AvgIpc) is 2.70. The second-order valence-corrected chi connectivity index (χ2v) is 6.72. The van der Waals surface area contributed by atoms with Crippen LogP contribution in [0, 0.1) is 0 Å². The minimum absolute atomic E-state index is 0.0978. The summed E-state index contributed by atoms with van der Waals surface area (Å²) in [5.74, 6) is -3.23. The fraction of sp³-hybridized carbons (Fsp3) is 0.286. The number of hydrogen-bond acceptors (Lipinski definition) is 3. The number of amides is 1. The lowest BCUT2D eigenvalue weighted by molar-refractivity contribution is -0.00826. The number of carbonyl (C=O) groups is 1. The maximum absolute atomic E-state index is 14.1. The number of benzene rings is 2. The zero-order chi connectivity index (χ0) is 19.7. The normalized spacial score (nSPS) is 11.6. The number of hydrogen-bond donors (Lipinski definition) is 2. The standard InChI is InChI=1S/C21H24F2N2OS/c1-3-21(22,23)17-10-11-18(20(26)24-12-7-13-27-2)19(14-17)25-15-16-8-5-4-6-9-16/h4-11,13-14,25H,3,12,15H2,1-2H3,(H,24,26)/b13-7+. The molecule has 2 aromatic carbocycles. The molecule has 0 aliphatic heterocycles. The molecule has 0 aliphatic carbocycles. The average molecular weight is 390 g/mol. The molecular formula is C21H24F2N2OS. The molecule has 2 rings (SSSR count). The van der Waals surface area contributed by atoms with Crippen molar-refractivity contribution in [1.82, 2.24) is 5.32 Å². The topological polar surface area (TPSA) is 41.1 Å². The summed E-state index contributed by atoms with van der Waals surface area (Å²) < 4.78 is 28.2. The van der Waals surface area contributed by atoms with Crippen molar-refractivity contribution in [2.45, 2.75) is 25.8 Å². The highest BCUT2D eigenvalue weighted by atomic mass is 32.2. The lowest BCUT2D eigenvalue weighted by Gasteiger charge is -2.18. The zero-order valence-corrected chi connectivity index (χ0v) is 16.3. The fourth-order valence-corrected chi connectivity index (χ4v) is 2.79. The van der Waals surface area contributed by atoms with E-state index in [9.17, 15) is 13.6 Å². The molecular weight excluding hydrogens is 366 g/mol. The largest absolute Gasteiger partial charge is 0.380 e. The van der Waals surface area contributed by atoms with E-state index in [0.717, 1.165) is 5.56 Å². The molecule has 0 bridgehead atoms. The fourth-order valence-electron chi connectivity index (χ4n) is 2.50. The van der Waals surface area contributed by atoms with Crippen molar-refractivity contribution in [1.29, 1.82) is 0 Å². The van der Waals surface area contributed by atoms with Crippen molar-refractivity contribution in [2.75, 3.05) is 18.1 Å². The number of anilines is 1. The predicted octanol–water partition coefficient (Wildman–Crippen LogP) is 5.41. The smallest absolute Gasteiger partial charge is 0.273 e. The van der Waals surface area contributed by atoms with Crippen LogP contribution in [0.4, 0.5) is 14.5 Å². The highest BCUT2D eigenvalue weighted by Crippen LogP contribution is 2.34. The van der Waals surface area contributed by atoms with Crippen molar-refractivity contribution in [2.24, 2.45) is 0 Å². The van der Waals surface area contributed by atoms with E-state index in [0.29, 0.717) is 24.3 Å². The van der Waals surface area contributed by atoms with Crippen LogP contribution in [0.1, 0.15) is 34.8 Å². The molecule has 0 unspecified atom stereocenters. The van der Waals surface area contributed by atoms with Crippen molar-refractivity contribution in [3.63, 3.8) is 0 Å². The first-order valence-electron chi connectivity index (χ1n) is 8.74. The van der Waals surface area contributed by atoms with Gasteiger partial charge in [0.1, 0.15) is 0 Å². The van der Waals surface area contributed by atoms with E-state index in [4.69, 9.17) is 0 Å². The second kappa shape index (κ2) is 10.1. The summed E-state index contributed by atoms with van der Waals surface area (Å²) in [7, 11) is 0. The molecule has 0 radical (unpaired) electrons. The first-order chi connectivity index (χ1) is 13.0. The molecule has 0 saturated heterocycles. The third kappa shape index (κ3) is 6.10. The number of alkyl halides is 2. The van der Waals surface area contributed by atoms with Gasteiger partial charge in [0, 0.05) is 30.8 Å². The van der Waals surface area contributed by atoms with Gasteiger partial charge in [-0.3, -0.25) is 4.79 Å². The molecule has 27 heavy (non-hydrogen) atoms. The van der Waals surface area contributed by atoms with E-state index in [2.05, 4.69) is 10.6 Å². The van der Waals surface area contributed by atoms with Gasteiger partial charge < -0.3 is 10.6 Å². The van der Waals surface area contributed by atoms with E-state index in [1.165, 1.54) is 36.9 Å². The Balaban J connectivity index is 2.25. The summed E-state index contributed by atoms with van der Waals surface area (Å²) in [5, 5.41) is 7.79. The zero-order valence-electron chi connectivity index (χ0n) is 15.5. The van der Waals surface area contributed by atoms with Crippen LogP contribution in [0.3, 0.4) is 0 Å². The Morgan fingerprint density at radius 1 is 1.19 bits per heavy atom.